The van der Waals surface area contributed by atoms with Gasteiger partial charge in [-0.25, -0.2) is 4.79 Å². The van der Waals surface area contributed by atoms with Crippen LogP contribution in [0, 0.1) is 0 Å². The minimum atomic E-state index is -0.165. The Balaban J connectivity index is 1.82. The number of nitrogens with one attached hydrogen (secondary N) is 1. The van der Waals surface area contributed by atoms with Gasteiger partial charge in [-0.05, 0) is 25.0 Å². The van der Waals surface area contributed by atoms with Gasteiger partial charge in [-0.15, -0.1) is 10.2 Å². The van der Waals surface area contributed by atoms with Gasteiger partial charge in [0, 0.05) is 18.2 Å². The number of hydrogen-bond donors (Lipinski definition) is 1. The number of urea groups is 1. The fourth-order valence-electron chi connectivity index (χ4n) is 2.82. The molecule has 8 heteroatoms. The summed E-state index contributed by atoms with van der Waals surface area (Å²) in [5.41, 5.74) is 2.57. The molecule has 1 N–H and O–H groups in total. The Labute approximate surface area is 138 Å². The monoisotopic (exact) mass is 334 g/mol. The summed E-state index contributed by atoms with van der Waals surface area (Å²) < 4.78 is 10.7. The lowest BCUT2D eigenvalue weighted by Crippen LogP contribution is -2.34. The molecular weight excluding hydrogens is 316 g/mol. The van der Waals surface area contributed by atoms with Crippen LogP contribution in [-0.4, -0.2) is 41.9 Å². The molecule has 2 aromatic rings. The molecule has 1 fully saturated rings. The van der Waals surface area contributed by atoms with Gasteiger partial charge in [-0.1, -0.05) is 11.3 Å². The summed E-state index contributed by atoms with van der Waals surface area (Å²) in [5, 5.41) is 10.9. The van der Waals surface area contributed by atoms with Crippen molar-refractivity contribution >= 4 is 22.5 Å². The Bertz CT molecular complexity index is 677. The molecule has 23 heavy (non-hydrogen) atoms. The third kappa shape index (κ3) is 3.21. The summed E-state index contributed by atoms with van der Waals surface area (Å²) in [4.78, 5) is 14.3. The number of nitrogens with zero attached hydrogens (tertiary/aromatic N) is 3. The number of amides is 2. The Hall–Kier alpha value is -2.35. The topological polar surface area (TPSA) is 76.6 Å². The molecule has 0 unspecified atom stereocenters. The average Bonchev–Trinajstić information content (AvgIpc) is 3.25. The highest BCUT2D eigenvalue weighted by Crippen LogP contribution is 2.38. The third-order valence-electron chi connectivity index (χ3n) is 3.89. The molecule has 7 nitrogen and oxygen atoms in total. The van der Waals surface area contributed by atoms with E-state index in [1.165, 1.54) is 11.3 Å². The van der Waals surface area contributed by atoms with Crippen LogP contribution in [0.5, 0.6) is 11.5 Å². The Morgan fingerprint density at radius 3 is 2.96 bits per heavy atom. The summed E-state index contributed by atoms with van der Waals surface area (Å²) in [6, 6.07) is 5.50. The summed E-state index contributed by atoms with van der Waals surface area (Å²) in [6.07, 6.45) is 1.84. The van der Waals surface area contributed by atoms with E-state index in [2.05, 4.69) is 15.5 Å². The van der Waals surface area contributed by atoms with Crippen molar-refractivity contribution in [3.8, 4) is 11.5 Å². The van der Waals surface area contributed by atoms with Crippen molar-refractivity contribution in [2.75, 3.05) is 26.1 Å². The van der Waals surface area contributed by atoms with Gasteiger partial charge in [0.05, 0.1) is 20.3 Å². The van der Waals surface area contributed by atoms with E-state index < -0.39 is 0 Å². The van der Waals surface area contributed by atoms with Crippen molar-refractivity contribution in [1.29, 1.82) is 0 Å². The normalized spacial score (nSPS) is 17.1. The smallest absolute Gasteiger partial charge is 0.324 e. The molecule has 0 bridgehead atoms. The van der Waals surface area contributed by atoms with Crippen LogP contribution < -0.4 is 14.8 Å². The molecule has 2 amide bonds. The van der Waals surface area contributed by atoms with Gasteiger partial charge in [0.1, 0.15) is 17.0 Å². The van der Waals surface area contributed by atoms with E-state index in [9.17, 15) is 4.79 Å². The van der Waals surface area contributed by atoms with E-state index in [0.717, 1.165) is 29.9 Å². The number of carbonyl (C=O) groups is 1. The van der Waals surface area contributed by atoms with Gasteiger partial charge < -0.3 is 14.4 Å². The number of hydrogen-bond acceptors (Lipinski definition) is 6. The van der Waals surface area contributed by atoms with Gasteiger partial charge in [0.15, 0.2) is 0 Å². The molecule has 0 aliphatic carbocycles. The molecule has 1 saturated heterocycles. The largest absolute Gasteiger partial charge is 0.497 e. The second-order valence-corrected chi connectivity index (χ2v) is 5.97. The molecule has 1 aromatic carbocycles. The van der Waals surface area contributed by atoms with E-state index in [4.69, 9.17) is 9.47 Å². The summed E-state index contributed by atoms with van der Waals surface area (Å²) in [7, 11) is 3.24. The van der Waals surface area contributed by atoms with Crippen LogP contribution in [0.2, 0.25) is 0 Å². The second kappa shape index (κ2) is 6.82. The van der Waals surface area contributed by atoms with Crippen molar-refractivity contribution < 1.29 is 14.3 Å². The molecule has 1 atom stereocenters. The summed E-state index contributed by atoms with van der Waals surface area (Å²) in [6.45, 7) is 0.699. The maximum atomic E-state index is 12.5. The van der Waals surface area contributed by atoms with Crippen LogP contribution in [0.1, 0.15) is 24.4 Å². The first-order valence-electron chi connectivity index (χ1n) is 7.28. The van der Waals surface area contributed by atoms with Gasteiger partial charge in [0.25, 0.3) is 0 Å². The molecule has 2 heterocycles. The van der Waals surface area contributed by atoms with E-state index in [1.54, 1.807) is 19.7 Å². The Morgan fingerprint density at radius 2 is 2.26 bits per heavy atom. The SMILES string of the molecule is COc1ccc([C@@H]2CCCN2C(=O)Nc2nncs2)c(OC)c1. The fraction of sp³-hybridized carbons (Fsp3) is 0.400. The average molecular weight is 334 g/mol. The van der Waals surface area contributed by atoms with Crippen molar-refractivity contribution in [2.45, 2.75) is 18.9 Å². The number of benzene rings is 1. The highest BCUT2D eigenvalue weighted by molar-refractivity contribution is 7.13. The van der Waals surface area contributed by atoms with Crippen LogP contribution in [0.4, 0.5) is 9.93 Å². The Morgan fingerprint density at radius 1 is 1.39 bits per heavy atom. The molecule has 1 aliphatic rings. The van der Waals surface area contributed by atoms with Gasteiger partial charge in [-0.2, -0.15) is 0 Å². The molecule has 0 saturated carbocycles. The van der Waals surface area contributed by atoms with Crippen LogP contribution in [0.3, 0.4) is 0 Å². The molecule has 1 aromatic heterocycles. The number of ether oxygens (including phenoxy) is 2. The first-order valence-corrected chi connectivity index (χ1v) is 8.16. The zero-order valence-electron chi connectivity index (χ0n) is 13.0. The lowest BCUT2D eigenvalue weighted by atomic mass is 10.0. The molecule has 0 spiro atoms. The van der Waals surface area contributed by atoms with Crippen molar-refractivity contribution in [1.82, 2.24) is 15.1 Å². The predicted molar refractivity (Wildman–Crippen MR) is 87.2 cm³/mol. The van der Waals surface area contributed by atoms with E-state index >= 15 is 0 Å². The zero-order valence-corrected chi connectivity index (χ0v) is 13.8. The van der Waals surface area contributed by atoms with Gasteiger partial charge >= 0.3 is 6.03 Å². The standard InChI is InChI=1S/C15H18N4O3S/c1-21-10-5-6-11(13(8-10)22-2)12-4-3-7-19(12)15(20)17-14-18-16-9-23-14/h5-6,8-9,12H,3-4,7H2,1-2H3,(H,17,18,20)/t12-/m0/s1. The van der Waals surface area contributed by atoms with Gasteiger partial charge in [0.2, 0.25) is 5.13 Å². The number of methoxy groups -OCH3 is 2. The van der Waals surface area contributed by atoms with Crippen LogP contribution in [0.15, 0.2) is 23.7 Å². The number of aromatic nitrogens is 2. The molecule has 0 radical (unpaired) electrons. The summed E-state index contributed by atoms with van der Waals surface area (Å²) >= 11 is 1.30. The lowest BCUT2D eigenvalue weighted by Gasteiger charge is -2.26. The third-order valence-corrected chi connectivity index (χ3v) is 4.49. The summed E-state index contributed by atoms with van der Waals surface area (Å²) in [5.74, 6) is 1.46. The molecule has 1 aliphatic heterocycles. The number of rotatable bonds is 4. The highest BCUT2D eigenvalue weighted by atomic mass is 32.1. The van der Waals surface area contributed by atoms with Crippen molar-refractivity contribution in [3.63, 3.8) is 0 Å². The fourth-order valence-corrected chi connectivity index (χ4v) is 3.25. The maximum Gasteiger partial charge on any atom is 0.324 e. The zero-order chi connectivity index (χ0) is 16.2. The minimum Gasteiger partial charge on any atom is -0.497 e. The van der Waals surface area contributed by atoms with Crippen molar-refractivity contribution in [3.05, 3.63) is 29.3 Å². The number of carbonyl (C=O) groups excluding carboxylic acids is 1. The van der Waals surface area contributed by atoms with Gasteiger partial charge in [-0.3, -0.25) is 5.32 Å². The molecule has 3 rings (SSSR count). The maximum absolute atomic E-state index is 12.5. The van der Waals surface area contributed by atoms with E-state index in [1.807, 2.05) is 23.1 Å². The number of anilines is 1. The van der Waals surface area contributed by atoms with E-state index in [-0.39, 0.29) is 12.1 Å². The van der Waals surface area contributed by atoms with Crippen molar-refractivity contribution in [2.24, 2.45) is 0 Å². The second-order valence-electron chi connectivity index (χ2n) is 5.13. The number of likely N-dealkylation sites (tertiary alicyclic amines) is 1. The lowest BCUT2D eigenvalue weighted by molar-refractivity contribution is 0.206. The van der Waals surface area contributed by atoms with Crippen LogP contribution >= 0.6 is 11.3 Å². The Kier molecular flexibility index (Phi) is 4.61. The first kappa shape index (κ1) is 15.5. The molecule has 122 valence electrons. The highest BCUT2D eigenvalue weighted by Gasteiger charge is 2.32. The van der Waals surface area contributed by atoms with E-state index in [0.29, 0.717) is 11.7 Å². The van der Waals surface area contributed by atoms with Crippen LogP contribution in [0.25, 0.3) is 0 Å². The molecular formula is C15H18N4O3S. The predicted octanol–water partition coefficient (Wildman–Crippen LogP) is 2.92. The quantitative estimate of drug-likeness (QED) is 0.930. The van der Waals surface area contributed by atoms with Crippen LogP contribution in [-0.2, 0) is 0 Å². The minimum absolute atomic E-state index is 0.0243. The first-order chi connectivity index (χ1) is 11.2.